The van der Waals surface area contributed by atoms with Crippen molar-refractivity contribution >= 4 is 8.56 Å². The summed E-state index contributed by atoms with van der Waals surface area (Å²) in [6, 6.07) is 1.01. The van der Waals surface area contributed by atoms with Gasteiger partial charge in [-0.3, -0.25) is 0 Å². The first-order valence-electron chi connectivity index (χ1n) is 4.49. The van der Waals surface area contributed by atoms with Crippen molar-refractivity contribution in [3.05, 3.63) is 0 Å². The van der Waals surface area contributed by atoms with Crippen LogP contribution in [-0.2, 0) is 8.85 Å². The summed E-state index contributed by atoms with van der Waals surface area (Å²) in [5.74, 6) is 0. The summed E-state index contributed by atoms with van der Waals surface area (Å²) in [6.07, 6.45) is 1.18. The third kappa shape index (κ3) is 4.87. The van der Waals surface area contributed by atoms with Crippen LogP contribution in [0.1, 0.15) is 13.3 Å². The SMILES string of the molecule is CCCNCC[Si](C)(OC)OC. The lowest BCUT2D eigenvalue weighted by Gasteiger charge is -2.22. The van der Waals surface area contributed by atoms with E-state index in [1.54, 1.807) is 14.2 Å². The molecule has 0 saturated carbocycles. The summed E-state index contributed by atoms with van der Waals surface area (Å²) in [5, 5.41) is 3.33. The maximum Gasteiger partial charge on any atom is 0.335 e. The molecule has 12 heavy (non-hydrogen) atoms. The van der Waals surface area contributed by atoms with Crippen molar-refractivity contribution in [3.63, 3.8) is 0 Å². The normalized spacial score (nSPS) is 12.0. The maximum atomic E-state index is 5.34. The van der Waals surface area contributed by atoms with Crippen molar-refractivity contribution in [2.24, 2.45) is 0 Å². The molecule has 0 bridgehead atoms. The molecule has 0 spiro atoms. The lowest BCUT2D eigenvalue weighted by molar-refractivity contribution is 0.249. The minimum absolute atomic E-state index is 0.998. The standard InChI is InChI=1S/C8H21NO2Si/c1-5-6-9-7-8-12(4,10-2)11-3/h9H,5-8H2,1-4H3. The van der Waals surface area contributed by atoms with Crippen molar-refractivity contribution < 1.29 is 8.85 Å². The molecule has 0 aromatic carbocycles. The highest BCUT2D eigenvalue weighted by Crippen LogP contribution is 2.09. The fourth-order valence-electron chi connectivity index (χ4n) is 0.905. The minimum atomic E-state index is -1.81. The fourth-order valence-corrected chi connectivity index (χ4v) is 2.11. The molecule has 3 nitrogen and oxygen atoms in total. The van der Waals surface area contributed by atoms with Gasteiger partial charge in [0.2, 0.25) is 0 Å². The van der Waals surface area contributed by atoms with Crippen LogP contribution in [0.3, 0.4) is 0 Å². The van der Waals surface area contributed by atoms with Gasteiger partial charge in [0.25, 0.3) is 0 Å². The van der Waals surface area contributed by atoms with E-state index in [2.05, 4.69) is 18.8 Å². The summed E-state index contributed by atoms with van der Waals surface area (Å²) >= 11 is 0. The number of hydrogen-bond donors (Lipinski definition) is 1. The molecular formula is C8H21NO2Si. The van der Waals surface area contributed by atoms with Crippen molar-refractivity contribution in [2.45, 2.75) is 25.9 Å². The molecule has 1 N–H and O–H groups in total. The third-order valence-corrected chi connectivity index (χ3v) is 4.93. The van der Waals surface area contributed by atoms with E-state index in [1.165, 1.54) is 6.42 Å². The Bertz CT molecular complexity index is 107. The Morgan fingerprint density at radius 3 is 2.17 bits per heavy atom. The van der Waals surface area contributed by atoms with Gasteiger partial charge in [-0.05, 0) is 26.1 Å². The van der Waals surface area contributed by atoms with E-state index >= 15 is 0 Å². The van der Waals surface area contributed by atoms with Gasteiger partial charge in [-0.15, -0.1) is 0 Å². The first-order valence-corrected chi connectivity index (χ1v) is 7.02. The summed E-state index contributed by atoms with van der Waals surface area (Å²) in [4.78, 5) is 0. The number of hydrogen-bond acceptors (Lipinski definition) is 3. The second-order valence-electron chi connectivity index (χ2n) is 3.04. The Kier molecular flexibility index (Phi) is 6.65. The summed E-state index contributed by atoms with van der Waals surface area (Å²) in [7, 11) is 1.65. The molecule has 0 rings (SSSR count). The van der Waals surface area contributed by atoms with Crippen LogP contribution in [0.15, 0.2) is 0 Å². The molecule has 0 aromatic heterocycles. The van der Waals surface area contributed by atoms with Gasteiger partial charge >= 0.3 is 8.56 Å². The van der Waals surface area contributed by atoms with Crippen molar-refractivity contribution in [1.29, 1.82) is 0 Å². The van der Waals surface area contributed by atoms with Crippen LogP contribution in [0.25, 0.3) is 0 Å². The van der Waals surface area contributed by atoms with Crippen LogP contribution >= 0.6 is 0 Å². The molecule has 0 aliphatic rings. The van der Waals surface area contributed by atoms with Crippen LogP contribution < -0.4 is 5.32 Å². The third-order valence-electron chi connectivity index (χ3n) is 2.05. The largest absolute Gasteiger partial charge is 0.398 e. The molecule has 0 unspecified atom stereocenters. The van der Waals surface area contributed by atoms with Crippen molar-refractivity contribution in [3.8, 4) is 0 Å². The van der Waals surface area contributed by atoms with E-state index in [1.807, 2.05) is 0 Å². The average molecular weight is 191 g/mol. The molecule has 0 heterocycles. The van der Waals surface area contributed by atoms with Gasteiger partial charge in [0.05, 0.1) is 0 Å². The highest BCUT2D eigenvalue weighted by molar-refractivity contribution is 6.66. The van der Waals surface area contributed by atoms with E-state index in [0.29, 0.717) is 0 Å². The van der Waals surface area contributed by atoms with E-state index in [0.717, 1.165) is 19.1 Å². The van der Waals surface area contributed by atoms with Gasteiger partial charge in [0, 0.05) is 20.3 Å². The Morgan fingerprint density at radius 1 is 1.17 bits per heavy atom. The molecule has 0 radical (unpaired) electrons. The lowest BCUT2D eigenvalue weighted by Crippen LogP contribution is -2.39. The quantitative estimate of drug-likeness (QED) is 0.487. The Hall–Kier alpha value is 0.0969. The van der Waals surface area contributed by atoms with Crippen LogP contribution in [0.4, 0.5) is 0 Å². The zero-order chi connectivity index (χ0) is 9.45. The minimum Gasteiger partial charge on any atom is -0.398 e. The first kappa shape index (κ1) is 12.1. The predicted molar refractivity (Wildman–Crippen MR) is 53.6 cm³/mol. The molecule has 0 aliphatic heterocycles. The summed E-state index contributed by atoms with van der Waals surface area (Å²) in [5.41, 5.74) is 0. The predicted octanol–water partition coefficient (Wildman–Crippen LogP) is 1.35. The van der Waals surface area contributed by atoms with E-state index < -0.39 is 8.56 Å². The van der Waals surface area contributed by atoms with E-state index in [-0.39, 0.29) is 0 Å². The zero-order valence-corrected chi connectivity index (χ0v) is 9.64. The molecule has 0 aliphatic carbocycles. The molecule has 0 saturated heterocycles. The molecule has 0 atom stereocenters. The summed E-state index contributed by atoms with van der Waals surface area (Å²) < 4.78 is 10.7. The zero-order valence-electron chi connectivity index (χ0n) is 8.64. The lowest BCUT2D eigenvalue weighted by atomic mass is 10.5. The summed E-state index contributed by atoms with van der Waals surface area (Å²) in [6.45, 7) is 6.33. The maximum absolute atomic E-state index is 5.34. The number of nitrogens with one attached hydrogen (secondary N) is 1. The second kappa shape index (κ2) is 6.60. The van der Waals surface area contributed by atoms with E-state index in [9.17, 15) is 0 Å². The van der Waals surface area contributed by atoms with Crippen molar-refractivity contribution in [1.82, 2.24) is 5.32 Å². The Labute approximate surface area is 76.7 Å². The topological polar surface area (TPSA) is 30.5 Å². The van der Waals surface area contributed by atoms with Gasteiger partial charge in [-0.25, -0.2) is 0 Å². The van der Waals surface area contributed by atoms with Crippen LogP contribution in [0.2, 0.25) is 12.6 Å². The molecular weight excluding hydrogens is 170 g/mol. The monoisotopic (exact) mass is 191 g/mol. The van der Waals surface area contributed by atoms with E-state index in [4.69, 9.17) is 8.85 Å². The average Bonchev–Trinajstić information content (AvgIpc) is 2.12. The van der Waals surface area contributed by atoms with Gasteiger partial charge in [0.15, 0.2) is 0 Å². The molecule has 0 fully saturated rings. The smallest absolute Gasteiger partial charge is 0.335 e. The highest BCUT2D eigenvalue weighted by Gasteiger charge is 2.27. The molecule has 0 amide bonds. The fraction of sp³-hybridized carbons (Fsp3) is 1.00. The second-order valence-corrected chi connectivity index (χ2v) is 6.63. The molecule has 4 heteroatoms. The first-order chi connectivity index (χ1) is 5.68. The van der Waals surface area contributed by atoms with Gasteiger partial charge in [-0.1, -0.05) is 6.92 Å². The number of rotatable bonds is 7. The van der Waals surface area contributed by atoms with Crippen LogP contribution in [0.5, 0.6) is 0 Å². The molecule has 0 aromatic rings. The van der Waals surface area contributed by atoms with Crippen LogP contribution in [-0.4, -0.2) is 35.9 Å². The van der Waals surface area contributed by atoms with Gasteiger partial charge < -0.3 is 14.2 Å². The van der Waals surface area contributed by atoms with Crippen molar-refractivity contribution in [2.75, 3.05) is 27.3 Å². The Morgan fingerprint density at radius 2 is 1.75 bits per heavy atom. The van der Waals surface area contributed by atoms with Gasteiger partial charge in [-0.2, -0.15) is 0 Å². The molecule has 74 valence electrons. The van der Waals surface area contributed by atoms with Crippen LogP contribution in [0, 0.1) is 0 Å². The highest BCUT2D eigenvalue weighted by atomic mass is 28.4. The van der Waals surface area contributed by atoms with Gasteiger partial charge in [0.1, 0.15) is 0 Å². The Balaban J connectivity index is 3.45.